The van der Waals surface area contributed by atoms with Gasteiger partial charge in [0.25, 0.3) is 0 Å². The summed E-state index contributed by atoms with van der Waals surface area (Å²) in [6.07, 6.45) is -2.81. The maximum Gasteiger partial charge on any atom is 0.416 e. The van der Waals surface area contributed by atoms with Gasteiger partial charge in [-0.25, -0.2) is 4.79 Å². The molecule has 37 heavy (non-hydrogen) atoms. The molecule has 5 rings (SSSR count). The van der Waals surface area contributed by atoms with Crippen molar-refractivity contribution in [3.05, 3.63) is 95.6 Å². The Morgan fingerprint density at radius 1 is 0.865 bits per heavy atom. The molecule has 1 aliphatic carbocycles. The molecule has 0 unspecified atom stereocenters. The molecule has 0 bridgehead atoms. The molecule has 0 spiro atoms. The van der Waals surface area contributed by atoms with Crippen LogP contribution in [0.5, 0.6) is 0 Å². The molecule has 1 fully saturated rings. The third kappa shape index (κ3) is 4.97. The summed E-state index contributed by atoms with van der Waals surface area (Å²) in [5.74, 6) is -0.756. The number of carboxylic acid groups (broad SMARTS) is 1. The van der Waals surface area contributed by atoms with Crippen LogP contribution in [0, 0.1) is 5.92 Å². The molecule has 1 aliphatic rings. The van der Waals surface area contributed by atoms with E-state index in [2.05, 4.69) is 0 Å². The number of benzene rings is 4. The summed E-state index contributed by atoms with van der Waals surface area (Å²) in [6.45, 7) is 0.0900. The second-order valence-corrected chi connectivity index (χ2v) is 9.74. The van der Waals surface area contributed by atoms with Crippen LogP contribution in [-0.4, -0.2) is 28.8 Å². The highest BCUT2D eigenvalue weighted by molar-refractivity contribution is 6.04. The van der Waals surface area contributed by atoms with Crippen LogP contribution in [0.4, 0.5) is 13.2 Å². The molecule has 190 valence electrons. The van der Waals surface area contributed by atoms with E-state index in [9.17, 15) is 28.2 Å². The van der Waals surface area contributed by atoms with E-state index < -0.39 is 17.7 Å². The van der Waals surface area contributed by atoms with Crippen molar-refractivity contribution in [3.8, 4) is 22.3 Å². The Kier molecular flexibility index (Phi) is 6.52. The van der Waals surface area contributed by atoms with Crippen LogP contribution >= 0.6 is 0 Å². The lowest BCUT2D eigenvalue weighted by atomic mass is 9.87. The predicted octanol–water partition coefficient (Wildman–Crippen LogP) is 6.70. The molecule has 0 amide bonds. The highest BCUT2D eigenvalue weighted by Crippen LogP contribution is 2.40. The van der Waals surface area contributed by atoms with Gasteiger partial charge in [-0.1, -0.05) is 48.5 Å². The molecule has 0 aromatic heterocycles. The SMILES string of the molecule is N[C@H]1C[C@@H](CO)[C@H](c2ccc(-c3cc(C(=O)O)cc4cc(-c5ccc(C(F)(F)F)cc5)ccc34)cc2)C1. The average Bonchev–Trinajstić information content (AvgIpc) is 3.28. The molecule has 4 aromatic carbocycles. The van der Waals surface area contributed by atoms with Crippen molar-refractivity contribution in [3.63, 3.8) is 0 Å². The van der Waals surface area contributed by atoms with Crippen LogP contribution in [-0.2, 0) is 6.18 Å². The van der Waals surface area contributed by atoms with E-state index >= 15 is 0 Å². The Morgan fingerprint density at radius 2 is 1.51 bits per heavy atom. The van der Waals surface area contributed by atoms with Crippen LogP contribution in [0.3, 0.4) is 0 Å². The Bertz CT molecular complexity index is 1450. The molecular formula is C30H26F3NO3. The summed E-state index contributed by atoms with van der Waals surface area (Å²) in [5, 5.41) is 21.0. The van der Waals surface area contributed by atoms with E-state index in [-0.39, 0.29) is 30.0 Å². The van der Waals surface area contributed by atoms with Crippen LogP contribution < -0.4 is 5.73 Å². The van der Waals surface area contributed by atoms with Crippen LogP contribution in [0.15, 0.2) is 78.9 Å². The van der Waals surface area contributed by atoms with E-state index in [0.717, 1.165) is 47.1 Å². The van der Waals surface area contributed by atoms with E-state index in [1.807, 2.05) is 36.4 Å². The van der Waals surface area contributed by atoms with Gasteiger partial charge in [0, 0.05) is 12.6 Å². The zero-order chi connectivity index (χ0) is 26.3. The number of halogens is 3. The highest BCUT2D eigenvalue weighted by atomic mass is 19.4. The Hall–Kier alpha value is -3.68. The Balaban J connectivity index is 1.54. The highest BCUT2D eigenvalue weighted by Gasteiger charge is 2.33. The zero-order valence-electron chi connectivity index (χ0n) is 19.9. The molecule has 4 nitrogen and oxygen atoms in total. The minimum Gasteiger partial charge on any atom is -0.478 e. The standard InChI is InChI=1S/C30H26F3NO3/c31-30(32,33)24-8-5-17(6-9-24)20-7-10-26-21(11-20)12-22(29(36)37)14-28(26)19-3-1-18(2-4-19)27-15-25(34)13-23(27)16-35/h1-12,14,23,25,27,35H,13,15-16,34H2,(H,36,37)/t23-,25-,27-/m0/s1. The lowest BCUT2D eigenvalue weighted by Crippen LogP contribution is -2.15. The van der Waals surface area contributed by atoms with Crippen molar-refractivity contribution in [2.75, 3.05) is 6.61 Å². The number of carboxylic acids is 1. The number of aliphatic hydroxyl groups excluding tert-OH is 1. The monoisotopic (exact) mass is 505 g/mol. The van der Waals surface area contributed by atoms with Crippen LogP contribution in [0.25, 0.3) is 33.0 Å². The number of hydrogen-bond acceptors (Lipinski definition) is 3. The lowest BCUT2D eigenvalue weighted by molar-refractivity contribution is -0.137. The number of hydrogen-bond donors (Lipinski definition) is 3. The Morgan fingerprint density at radius 3 is 2.14 bits per heavy atom. The van der Waals surface area contributed by atoms with E-state index in [0.29, 0.717) is 16.5 Å². The maximum absolute atomic E-state index is 13.0. The minimum absolute atomic E-state index is 0.0666. The van der Waals surface area contributed by atoms with E-state index in [1.165, 1.54) is 12.1 Å². The van der Waals surface area contributed by atoms with Crippen molar-refractivity contribution in [2.24, 2.45) is 11.7 Å². The van der Waals surface area contributed by atoms with Crippen molar-refractivity contribution in [1.82, 2.24) is 0 Å². The summed E-state index contributed by atoms with van der Waals surface area (Å²) < 4.78 is 38.9. The quantitative estimate of drug-likeness (QED) is 0.282. The van der Waals surface area contributed by atoms with E-state index in [4.69, 9.17) is 5.73 Å². The summed E-state index contributed by atoms with van der Waals surface area (Å²) in [7, 11) is 0. The summed E-state index contributed by atoms with van der Waals surface area (Å²) in [4.78, 5) is 11.9. The normalized spacial score (nSPS) is 19.9. The number of aromatic carboxylic acids is 1. The first kappa shape index (κ1) is 25.0. The van der Waals surface area contributed by atoms with Gasteiger partial charge in [0.2, 0.25) is 0 Å². The topological polar surface area (TPSA) is 83.5 Å². The van der Waals surface area contributed by atoms with Gasteiger partial charge in [-0.2, -0.15) is 13.2 Å². The first-order chi connectivity index (χ1) is 17.6. The molecule has 0 saturated heterocycles. The second-order valence-electron chi connectivity index (χ2n) is 9.74. The molecule has 0 radical (unpaired) electrons. The van der Waals surface area contributed by atoms with Crippen molar-refractivity contribution < 1.29 is 28.2 Å². The molecule has 4 N–H and O–H groups in total. The summed E-state index contributed by atoms with van der Waals surface area (Å²) in [5.41, 5.74) is 9.52. The van der Waals surface area contributed by atoms with Gasteiger partial charge in [-0.05, 0) is 93.6 Å². The molecule has 3 atom stereocenters. The van der Waals surface area contributed by atoms with Gasteiger partial charge in [0.15, 0.2) is 0 Å². The number of carbonyl (C=O) groups is 1. The largest absolute Gasteiger partial charge is 0.478 e. The van der Waals surface area contributed by atoms with Crippen molar-refractivity contribution >= 4 is 16.7 Å². The number of nitrogens with two attached hydrogens (primary N) is 1. The molecule has 4 aromatic rings. The fourth-order valence-corrected chi connectivity index (χ4v) is 5.45. The molecule has 0 heterocycles. The molecule has 7 heteroatoms. The third-order valence-electron chi connectivity index (χ3n) is 7.36. The van der Waals surface area contributed by atoms with Crippen molar-refractivity contribution in [1.29, 1.82) is 0 Å². The van der Waals surface area contributed by atoms with Crippen LogP contribution in [0.2, 0.25) is 0 Å². The molecular weight excluding hydrogens is 479 g/mol. The lowest BCUT2D eigenvalue weighted by Gasteiger charge is -2.18. The number of alkyl halides is 3. The second kappa shape index (κ2) is 9.65. The van der Waals surface area contributed by atoms with Gasteiger partial charge >= 0.3 is 12.1 Å². The van der Waals surface area contributed by atoms with Gasteiger partial charge in [-0.15, -0.1) is 0 Å². The smallest absolute Gasteiger partial charge is 0.416 e. The first-order valence-corrected chi connectivity index (χ1v) is 12.1. The average molecular weight is 506 g/mol. The number of fused-ring (bicyclic) bond motifs is 1. The predicted molar refractivity (Wildman–Crippen MR) is 137 cm³/mol. The Labute approximate surface area is 212 Å². The molecule has 1 saturated carbocycles. The van der Waals surface area contributed by atoms with E-state index in [1.54, 1.807) is 18.2 Å². The summed E-state index contributed by atoms with van der Waals surface area (Å²) in [6, 6.07) is 21.6. The minimum atomic E-state index is -4.41. The zero-order valence-corrected chi connectivity index (χ0v) is 19.9. The van der Waals surface area contributed by atoms with Crippen molar-refractivity contribution in [2.45, 2.75) is 31.0 Å². The van der Waals surface area contributed by atoms with Crippen LogP contribution in [0.1, 0.15) is 40.2 Å². The number of aliphatic hydroxyl groups is 1. The van der Waals surface area contributed by atoms with Gasteiger partial charge in [-0.3, -0.25) is 0 Å². The molecule has 0 aliphatic heterocycles. The van der Waals surface area contributed by atoms with Gasteiger partial charge in [0.1, 0.15) is 0 Å². The van der Waals surface area contributed by atoms with Gasteiger partial charge < -0.3 is 15.9 Å². The third-order valence-corrected chi connectivity index (χ3v) is 7.36. The fourth-order valence-electron chi connectivity index (χ4n) is 5.45. The first-order valence-electron chi connectivity index (χ1n) is 12.1. The number of rotatable bonds is 5. The van der Waals surface area contributed by atoms with Gasteiger partial charge in [0.05, 0.1) is 11.1 Å². The fraction of sp³-hybridized carbons (Fsp3) is 0.233. The summed E-state index contributed by atoms with van der Waals surface area (Å²) >= 11 is 0. The maximum atomic E-state index is 13.0.